The van der Waals surface area contributed by atoms with Gasteiger partial charge in [0.05, 0.1) is 0 Å². The molecule has 0 amide bonds. The second-order valence-electron chi connectivity index (χ2n) is 2.82. The van der Waals surface area contributed by atoms with Crippen LogP contribution in [-0.2, 0) is 0 Å². The molecule has 0 saturated carbocycles. The topological polar surface area (TPSA) is 72.7 Å². The molecule has 0 aromatic carbocycles. The third kappa shape index (κ3) is 40.6. The van der Waals surface area contributed by atoms with E-state index in [4.69, 9.17) is 15.1 Å². The lowest BCUT2D eigenvalue weighted by molar-refractivity contribution is 0.278. The molecule has 11 heavy (non-hydrogen) atoms. The van der Waals surface area contributed by atoms with Crippen LogP contribution in [0, 0.1) is 0 Å². The van der Waals surface area contributed by atoms with Crippen LogP contribution in [0.2, 0.25) is 0 Å². The summed E-state index contributed by atoms with van der Waals surface area (Å²) < 4.78 is 0. The van der Waals surface area contributed by atoms with Crippen LogP contribution < -0.4 is 5.32 Å². The fourth-order valence-corrected chi connectivity index (χ4v) is 0.667. The first-order valence-corrected chi connectivity index (χ1v) is 3.66. The number of nitrogens with one attached hydrogen (secondary N) is 1. The summed E-state index contributed by atoms with van der Waals surface area (Å²) in [4.78, 5) is 0. The predicted octanol–water partition coefficient (Wildman–Crippen LogP) is -0.659. The van der Waals surface area contributed by atoms with Gasteiger partial charge in [-0.15, -0.1) is 0 Å². The van der Waals surface area contributed by atoms with Crippen molar-refractivity contribution in [2.45, 2.75) is 39.8 Å². The molecule has 4 N–H and O–H groups in total. The van der Waals surface area contributed by atoms with Crippen molar-refractivity contribution in [3.05, 3.63) is 0 Å². The smallest absolute Gasteiger partial charge is 0.402 e. The van der Waals surface area contributed by atoms with Gasteiger partial charge in [-0.3, -0.25) is 0 Å². The number of hydrogen-bond donors (Lipinski definition) is 4. The first-order chi connectivity index (χ1) is 4.86. The van der Waals surface area contributed by atoms with Gasteiger partial charge in [0.15, 0.2) is 0 Å². The Morgan fingerprint density at radius 3 is 1.09 bits per heavy atom. The molecule has 0 rings (SSSR count). The van der Waals surface area contributed by atoms with Crippen LogP contribution in [-0.4, -0.2) is 34.5 Å². The summed E-state index contributed by atoms with van der Waals surface area (Å²) in [6.07, 6.45) is 0. The van der Waals surface area contributed by atoms with Crippen LogP contribution in [0.5, 0.6) is 0 Å². The minimum atomic E-state index is -2.17. The molecule has 0 aliphatic carbocycles. The molecule has 0 heterocycles. The van der Waals surface area contributed by atoms with E-state index < -0.39 is 7.32 Å². The maximum Gasteiger partial charge on any atom is 0.631 e. The Labute approximate surface area is 68.4 Å². The Morgan fingerprint density at radius 2 is 1.09 bits per heavy atom. The largest absolute Gasteiger partial charge is 0.631 e. The van der Waals surface area contributed by atoms with Crippen LogP contribution in [0.1, 0.15) is 27.7 Å². The average Bonchev–Trinajstić information content (AvgIpc) is 1.56. The molecule has 0 aliphatic heterocycles. The average molecular weight is 163 g/mol. The fraction of sp³-hybridized carbons (Fsp3) is 1.00. The fourth-order valence-electron chi connectivity index (χ4n) is 0.667. The van der Waals surface area contributed by atoms with Gasteiger partial charge in [0.25, 0.3) is 0 Å². The highest BCUT2D eigenvalue weighted by Gasteiger charge is 1.93. The van der Waals surface area contributed by atoms with Gasteiger partial charge in [-0.2, -0.15) is 0 Å². The predicted molar refractivity (Wildman–Crippen MR) is 45.8 cm³/mol. The monoisotopic (exact) mass is 163 g/mol. The summed E-state index contributed by atoms with van der Waals surface area (Å²) in [5.74, 6) is 0. The zero-order valence-corrected chi connectivity index (χ0v) is 7.57. The zero-order chi connectivity index (χ0) is 9.44. The normalized spacial score (nSPS) is 9.55. The first-order valence-electron chi connectivity index (χ1n) is 3.66. The summed E-state index contributed by atoms with van der Waals surface area (Å²) in [6.45, 7) is 8.61. The summed E-state index contributed by atoms with van der Waals surface area (Å²) >= 11 is 0. The standard InChI is InChI=1S/C6H15N.BH3O3/c1-5(2)7-6(3)4;2-1(3)4/h5-7H,1-4H3;2-4H. The second kappa shape index (κ2) is 8.01. The molecule has 4 nitrogen and oxygen atoms in total. The minimum absolute atomic E-state index is 0.625. The Hall–Kier alpha value is -0.0951. The molecule has 0 radical (unpaired) electrons. The highest BCUT2D eigenvalue weighted by atomic mass is 16.5. The van der Waals surface area contributed by atoms with Gasteiger partial charge in [0.2, 0.25) is 0 Å². The van der Waals surface area contributed by atoms with E-state index in [1.54, 1.807) is 0 Å². The van der Waals surface area contributed by atoms with Crippen molar-refractivity contribution in [2.75, 3.05) is 0 Å². The minimum Gasteiger partial charge on any atom is -0.402 e. The maximum atomic E-state index is 7.17. The van der Waals surface area contributed by atoms with Gasteiger partial charge in [-0.25, -0.2) is 0 Å². The Balaban J connectivity index is 0. The first kappa shape index (κ1) is 13.5. The summed E-state index contributed by atoms with van der Waals surface area (Å²) in [5, 5.41) is 24.8. The Morgan fingerprint density at radius 1 is 0.909 bits per heavy atom. The van der Waals surface area contributed by atoms with E-state index in [1.165, 1.54) is 0 Å². The van der Waals surface area contributed by atoms with E-state index in [-0.39, 0.29) is 0 Å². The van der Waals surface area contributed by atoms with E-state index in [2.05, 4.69) is 33.0 Å². The van der Waals surface area contributed by atoms with Crippen molar-refractivity contribution in [3.8, 4) is 0 Å². The van der Waals surface area contributed by atoms with Gasteiger partial charge < -0.3 is 20.4 Å². The van der Waals surface area contributed by atoms with Crippen molar-refractivity contribution in [1.82, 2.24) is 5.32 Å². The molecule has 0 saturated heterocycles. The van der Waals surface area contributed by atoms with E-state index in [0.717, 1.165) is 0 Å². The molecule has 68 valence electrons. The number of hydrogen-bond acceptors (Lipinski definition) is 4. The molecule has 0 spiro atoms. The molecular weight excluding hydrogens is 145 g/mol. The highest BCUT2D eigenvalue weighted by Crippen LogP contribution is 1.80. The molecule has 0 aliphatic rings. The van der Waals surface area contributed by atoms with Crippen molar-refractivity contribution < 1.29 is 15.1 Å². The molecular formula is C6H18BNO3. The Kier molecular flexibility index (Phi) is 9.82. The van der Waals surface area contributed by atoms with Gasteiger partial charge in [0, 0.05) is 12.1 Å². The van der Waals surface area contributed by atoms with Gasteiger partial charge in [-0.05, 0) is 0 Å². The van der Waals surface area contributed by atoms with E-state index in [1.807, 2.05) is 0 Å². The zero-order valence-electron chi connectivity index (χ0n) is 7.57. The summed E-state index contributed by atoms with van der Waals surface area (Å²) in [7, 11) is -2.17. The maximum absolute atomic E-state index is 7.17. The van der Waals surface area contributed by atoms with Crippen LogP contribution >= 0.6 is 0 Å². The Bertz CT molecular complexity index is 69.5. The van der Waals surface area contributed by atoms with Crippen LogP contribution in [0.3, 0.4) is 0 Å². The van der Waals surface area contributed by atoms with Crippen LogP contribution in [0.4, 0.5) is 0 Å². The van der Waals surface area contributed by atoms with Crippen molar-refractivity contribution >= 4 is 7.32 Å². The third-order valence-corrected chi connectivity index (χ3v) is 0.667. The SMILES string of the molecule is CC(C)NC(C)C.OB(O)O. The van der Waals surface area contributed by atoms with Gasteiger partial charge in [-0.1, -0.05) is 27.7 Å². The third-order valence-electron chi connectivity index (χ3n) is 0.667. The molecule has 0 unspecified atom stereocenters. The quantitative estimate of drug-likeness (QED) is 0.408. The van der Waals surface area contributed by atoms with Crippen molar-refractivity contribution in [3.63, 3.8) is 0 Å². The van der Waals surface area contributed by atoms with E-state index in [0.29, 0.717) is 12.1 Å². The van der Waals surface area contributed by atoms with Gasteiger partial charge in [0.1, 0.15) is 0 Å². The second-order valence-corrected chi connectivity index (χ2v) is 2.82. The van der Waals surface area contributed by atoms with Crippen LogP contribution in [0.25, 0.3) is 0 Å². The van der Waals surface area contributed by atoms with Crippen molar-refractivity contribution in [2.24, 2.45) is 0 Å². The lowest BCUT2D eigenvalue weighted by Crippen LogP contribution is -2.29. The highest BCUT2D eigenvalue weighted by molar-refractivity contribution is 6.30. The lowest BCUT2D eigenvalue weighted by atomic mass is 10.3. The van der Waals surface area contributed by atoms with E-state index in [9.17, 15) is 0 Å². The molecule has 5 heteroatoms. The lowest BCUT2D eigenvalue weighted by Gasteiger charge is -2.10. The molecule has 0 atom stereocenters. The van der Waals surface area contributed by atoms with Gasteiger partial charge >= 0.3 is 7.32 Å². The van der Waals surface area contributed by atoms with E-state index >= 15 is 0 Å². The summed E-state index contributed by atoms with van der Waals surface area (Å²) in [5.41, 5.74) is 0. The molecule has 0 aromatic rings. The van der Waals surface area contributed by atoms with Crippen LogP contribution in [0.15, 0.2) is 0 Å². The molecule has 0 aromatic heterocycles. The summed E-state index contributed by atoms with van der Waals surface area (Å²) in [6, 6.07) is 1.25. The molecule has 0 bridgehead atoms. The molecule has 0 fully saturated rings. The van der Waals surface area contributed by atoms with Crippen molar-refractivity contribution in [1.29, 1.82) is 0 Å². The number of rotatable bonds is 2.